The van der Waals surface area contributed by atoms with Crippen molar-refractivity contribution >= 4 is 0 Å². The van der Waals surface area contributed by atoms with E-state index in [9.17, 15) is 17.6 Å². The van der Waals surface area contributed by atoms with Crippen LogP contribution in [0.5, 0.6) is 11.5 Å². The Labute approximate surface area is 111 Å². The summed E-state index contributed by atoms with van der Waals surface area (Å²) in [6, 6.07) is 6.16. The van der Waals surface area contributed by atoms with Crippen LogP contribution < -0.4 is 9.47 Å². The van der Waals surface area contributed by atoms with Crippen molar-refractivity contribution in [2.24, 2.45) is 0 Å². The van der Waals surface area contributed by atoms with Gasteiger partial charge in [0, 0.05) is 11.6 Å². The Morgan fingerprint density at radius 3 is 2.30 bits per heavy atom. The number of rotatable bonds is 3. The molecule has 0 saturated heterocycles. The number of aromatic nitrogens is 1. The summed E-state index contributed by atoms with van der Waals surface area (Å²) in [7, 11) is 1.39. The SMILES string of the molecule is COc1cnc(F)cc1-c1ccc(OC(F)(F)F)cc1. The number of ether oxygens (including phenoxy) is 2. The largest absolute Gasteiger partial charge is 0.573 e. The first-order valence-electron chi connectivity index (χ1n) is 5.45. The Kier molecular flexibility index (Phi) is 3.78. The standard InChI is InChI=1S/C13H9F4NO2/c1-19-11-7-18-12(14)6-10(11)8-2-4-9(5-3-8)20-13(15,16)17/h2-7H,1H3. The lowest BCUT2D eigenvalue weighted by Crippen LogP contribution is -2.16. The summed E-state index contributed by atoms with van der Waals surface area (Å²) < 4.78 is 58.0. The van der Waals surface area contributed by atoms with E-state index in [0.29, 0.717) is 16.9 Å². The van der Waals surface area contributed by atoms with Gasteiger partial charge in [-0.2, -0.15) is 4.39 Å². The molecule has 0 aliphatic carbocycles. The maximum Gasteiger partial charge on any atom is 0.573 e. The number of hydrogen-bond donors (Lipinski definition) is 0. The van der Waals surface area contributed by atoms with Gasteiger partial charge in [0.05, 0.1) is 13.3 Å². The second-order valence-corrected chi connectivity index (χ2v) is 3.78. The summed E-state index contributed by atoms with van der Waals surface area (Å²) in [6.07, 6.45) is -3.55. The van der Waals surface area contributed by atoms with Crippen molar-refractivity contribution in [3.05, 3.63) is 42.5 Å². The highest BCUT2D eigenvalue weighted by atomic mass is 19.4. The van der Waals surface area contributed by atoms with E-state index in [1.165, 1.54) is 25.4 Å². The van der Waals surface area contributed by atoms with Gasteiger partial charge in [-0.25, -0.2) is 4.98 Å². The van der Waals surface area contributed by atoms with Crippen molar-refractivity contribution in [3.63, 3.8) is 0 Å². The van der Waals surface area contributed by atoms with Gasteiger partial charge in [-0.05, 0) is 17.7 Å². The van der Waals surface area contributed by atoms with Gasteiger partial charge in [0.25, 0.3) is 0 Å². The van der Waals surface area contributed by atoms with Gasteiger partial charge >= 0.3 is 6.36 Å². The average molecular weight is 287 g/mol. The molecule has 0 saturated carbocycles. The summed E-state index contributed by atoms with van der Waals surface area (Å²) in [4.78, 5) is 3.44. The summed E-state index contributed by atoms with van der Waals surface area (Å²) in [6.45, 7) is 0. The Balaban J connectivity index is 2.33. The fraction of sp³-hybridized carbons (Fsp3) is 0.154. The molecule has 2 rings (SSSR count). The van der Waals surface area contributed by atoms with Crippen LogP contribution in [-0.4, -0.2) is 18.5 Å². The smallest absolute Gasteiger partial charge is 0.494 e. The molecule has 1 aromatic heterocycles. The highest BCUT2D eigenvalue weighted by molar-refractivity contribution is 5.70. The average Bonchev–Trinajstić information content (AvgIpc) is 2.38. The van der Waals surface area contributed by atoms with Crippen LogP contribution in [0.25, 0.3) is 11.1 Å². The quantitative estimate of drug-likeness (QED) is 0.635. The predicted molar refractivity (Wildman–Crippen MR) is 62.9 cm³/mol. The minimum atomic E-state index is -4.75. The van der Waals surface area contributed by atoms with Crippen molar-refractivity contribution in [2.45, 2.75) is 6.36 Å². The highest BCUT2D eigenvalue weighted by Crippen LogP contribution is 2.31. The second-order valence-electron chi connectivity index (χ2n) is 3.78. The molecule has 0 unspecified atom stereocenters. The number of methoxy groups -OCH3 is 1. The van der Waals surface area contributed by atoms with E-state index in [4.69, 9.17) is 4.74 Å². The van der Waals surface area contributed by atoms with E-state index in [-0.39, 0.29) is 5.75 Å². The van der Waals surface area contributed by atoms with E-state index >= 15 is 0 Å². The maximum absolute atomic E-state index is 13.1. The molecule has 20 heavy (non-hydrogen) atoms. The lowest BCUT2D eigenvalue weighted by atomic mass is 10.1. The molecule has 2 aromatic rings. The van der Waals surface area contributed by atoms with Crippen LogP contribution in [0.2, 0.25) is 0 Å². The molecule has 1 aromatic carbocycles. The zero-order chi connectivity index (χ0) is 14.8. The molecular formula is C13H9F4NO2. The number of benzene rings is 1. The summed E-state index contributed by atoms with van der Waals surface area (Å²) in [5, 5.41) is 0. The molecule has 0 fully saturated rings. The van der Waals surface area contributed by atoms with E-state index in [1.54, 1.807) is 0 Å². The van der Waals surface area contributed by atoms with Crippen molar-refractivity contribution in [2.75, 3.05) is 7.11 Å². The van der Waals surface area contributed by atoms with Crippen LogP contribution in [0.4, 0.5) is 17.6 Å². The summed E-state index contributed by atoms with van der Waals surface area (Å²) >= 11 is 0. The van der Waals surface area contributed by atoms with Crippen molar-refractivity contribution in [1.82, 2.24) is 4.98 Å². The van der Waals surface area contributed by atoms with Crippen molar-refractivity contribution < 1.29 is 27.0 Å². The molecule has 1 heterocycles. The fourth-order valence-electron chi connectivity index (χ4n) is 1.64. The minimum absolute atomic E-state index is 0.316. The molecular weight excluding hydrogens is 278 g/mol. The molecule has 106 valence electrons. The molecule has 0 aliphatic heterocycles. The third-order valence-corrected chi connectivity index (χ3v) is 2.45. The number of pyridine rings is 1. The van der Waals surface area contributed by atoms with Crippen LogP contribution in [0, 0.1) is 5.95 Å². The molecule has 3 nitrogen and oxygen atoms in total. The molecule has 0 spiro atoms. The summed E-state index contributed by atoms with van der Waals surface area (Å²) in [5.74, 6) is -0.748. The number of nitrogens with zero attached hydrogens (tertiary/aromatic N) is 1. The van der Waals surface area contributed by atoms with Gasteiger partial charge in [-0.15, -0.1) is 13.2 Å². The van der Waals surface area contributed by atoms with Gasteiger partial charge in [-0.3, -0.25) is 0 Å². The second kappa shape index (κ2) is 5.36. The highest BCUT2D eigenvalue weighted by Gasteiger charge is 2.31. The first-order valence-corrected chi connectivity index (χ1v) is 5.45. The van der Waals surface area contributed by atoms with Crippen molar-refractivity contribution in [3.8, 4) is 22.6 Å². The normalized spacial score (nSPS) is 11.2. The van der Waals surface area contributed by atoms with Gasteiger partial charge in [0.15, 0.2) is 0 Å². The lowest BCUT2D eigenvalue weighted by molar-refractivity contribution is -0.274. The van der Waals surface area contributed by atoms with Crippen LogP contribution in [0.1, 0.15) is 0 Å². The van der Waals surface area contributed by atoms with Crippen LogP contribution in [0.3, 0.4) is 0 Å². The van der Waals surface area contributed by atoms with Gasteiger partial charge in [-0.1, -0.05) is 12.1 Å². The van der Waals surface area contributed by atoms with Crippen molar-refractivity contribution in [1.29, 1.82) is 0 Å². The Morgan fingerprint density at radius 2 is 1.75 bits per heavy atom. The van der Waals surface area contributed by atoms with Crippen LogP contribution >= 0.6 is 0 Å². The zero-order valence-electron chi connectivity index (χ0n) is 10.2. The van der Waals surface area contributed by atoms with Gasteiger partial charge in [0.1, 0.15) is 11.5 Å². The molecule has 0 aliphatic rings. The molecule has 0 bridgehead atoms. The molecule has 0 radical (unpaired) electrons. The zero-order valence-corrected chi connectivity index (χ0v) is 10.2. The van der Waals surface area contributed by atoms with E-state index in [0.717, 1.165) is 18.2 Å². The van der Waals surface area contributed by atoms with Crippen LogP contribution in [0.15, 0.2) is 36.5 Å². The van der Waals surface area contributed by atoms with Gasteiger partial charge in [0.2, 0.25) is 5.95 Å². The monoisotopic (exact) mass is 287 g/mol. The first-order chi connectivity index (χ1) is 9.39. The Bertz CT molecular complexity index is 596. The molecule has 0 atom stereocenters. The molecule has 0 N–H and O–H groups in total. The topological polar surface area (TPSA) is 31.4 Å². The number of hydrogen-bond acceptors (Lipinski definition) is 3. The number of alkyl halides is 3. The Hall–Kier alpha value is -2.31. The Morgan fingerprint density at radius 1 is 1.10 bits per heavy atom. The summed E-state index contributed by atoms with van der Waals surface area (Å²) in [5.41, 5.74) is 0.872. The van der Waals surface area contributed by atoms with E-state index in [1.807, 2.05) is 0 Å². The van der Waals surface area contributed by atoms with Gasteiger partial charge < -0.3 is 9.47 Å². The minimum Gasteiger partial charge on any atom is -0.494 e. The fourth-order valence-corrected chi connectivity index (χ4v) is 1.64. The van der Waals surface area contributed by atoms with E-state index in [2.05, 4.69) is 9.72 Å². The van der Waals surface area contributed by atoms with E-state index < -0.39 is 12.3 Å². The third kappa shape index (κ3) is 3.37. The third-order valence-electron chi connectivity index (χ3n) is 2.45. The van der Waals surface area contributed by atoms with Crippen LogP contribution in [-0.2, 0) is 0 Å². The maximum atomic E-state index is 13.1. The molecule has 7 heteroatoms. The number of halogens is 4. The first kappa shape index (κ1) is 14.1. The lowest BCUT2D eigenvalue weighted by Gasteiger charge is -2.11. The molecule has 0 amide bonds. The predicted octanol–water partition coefficient (Wildman–Crippen LogP) is 3.79.